The maximum absolute atomic E-state index is 5.64. The molecule has 0 radical (unpaired) electrons. The number of ether oxygens (including phenoxy) is 1. The van der Waals surface area contributed by atoms with Gasteiger partial charge in [0.15, 0.2) is 0 Å². The normalized spacial score (nSPS) is 19.1. The molecule has 0 spiro atoms. The van der Waals surface area contributed by atoms with Crippen LogP contribution in [-0.4, -0.2) is 37.3 Å². The molecule has 2 aromatic rings. The first kappa shape index (κ1) is 14.3. The van der Waals surface area contributed by atoms with Crippen LogP contribution in [-0.2, 0) is 11.3 Å². The Balaban J connectivity index is 2.00. The Kier molecular flexibility index (Phi) is 4.36. The summed E-state index contributed by atoms with van der Waals surface area (Å²) in [5, 5.41) is 5.92. The summed E-state index contributed by atoms with van der Waals surface area (Å²) >= 11 is 0. The third-order valence-electron chi connectivity index (χ3n) is 3.96. The zero-order chi connectivity index (χ0) is 14.7. The molecule has 0 bridgehead atoms. The van der Waals surface area contributed by atoms with Gasteiger partial charge in [0.1, 0.15) is 5.82 Å². The molecule has 112 valence electrons. The first-order valence-corrected chi connectivity index (χ1v) is 7.73. The number of nitrogens with zero attached hydrogens (tertiary/aromatic N) is 2. The summed E-state index contributed by atoms with van der Waals surface area (Å²) in [5.74, 6) is 1.08. The lowest BCUT2D eigenvalue weighted by atomic mass is 10.1. The molecule has 4 nitrogen and oxygen atoms in total. The summed E-state index contributed by atoms with van der Waals surface area (Å²) in [6, 6.07) is 8.56. The monoisotopic (exact) mass is 285 g/mol. The van der Waals surface area contributed by atoms with Crippen molar-refractivity contribution in [1.29, 1.82) is 0 Å². The summed E-state index contributed by atoms with van der Waals surface area (Å²) in [5.41, 5.74) is 1.26. The summed E-state index contributed by atoms with van der Waals surface area (Å²) in [6.45, 7) is 8.67. The highest BCUT2D eigenvalue weighted by Gasteiger charge is 2.20. The lowest BCUT2D eigenvalue weighted by Crippen LogP contribution is -2.41. The average molecular weight is 285 g/mol. The van der Waals surface area contributed by atoms with Crippen molar-refractivity contribution in [2.75, 3.05) is 31.1 Å². The molecular formula is C17H23N3O. The van der Waals surface area contributed by atoms with Crippen molar-refractivity contribution in [3.8, 4) is 0 Å². The maximum Gasteiger partial charge on any atom is 0.136 e. The number of pyridine rings is 1. The molecule has 3 rings (SSSR count). The van der Waals surface area contributed by atoms with Crippen molar-refractivity contribution in [1.82, 2.24) is 10.3 Å². The van der Waals surface area contributed by atoms with Crippen LogP contribution in [0.15, 0.2) is 30.5 Å². The average Bonchev–Trinajstić information content (AvgIpc) is 2.52. The Bertz CT molecular complexity index is 614. The van der Waals surface area contributed by atoms with Crippen LogP contribution in [0.2, 0.25) is 0 Å². The Labute approximate surface area is 126 Å². The van der Waals surface area contributed by atoms with E-state index in [0.717, 1.165) is 38.6 Å². The highest BCUT2D eigenvalue weighted by molar-refractivity contribution is 5.94. The third-order valence-corrected chi connectivity index (χ3v) is 3.96. The van der Waals surface area contributed by atoms with Gasteiger partial charge in [0.2, 0.25) is 0 Å². The van der Waals surface area contributed by atoms with Gasteiger partial charge >= 0.3 is 0 Å². The highest BCUT2D eigenvalue weighted by atomic mass is 16.5. The van der Waals surface area contributed by atoms with Crippen molar-refractivity contribution in [3.05, 3.63) is 36.0 Å². The van der Waals surface area contributed by atoms with Gasteiger partial charge in [0.05, 0.1) is 12.7 Å². The van der Waals surface area contributed by atoms with Gasteiger partial charge in [-0.2, -0.15) is 0 Å². The maximum atomic E-state index is 5.64. The summed E-state index contributed by atoms with van der Waals surface area (Å²) in [6.07, 6.45) is 2.28. The summed E-state index contributed by atoms with van der Waals surface area (Å²) in [4.78, 5) is 7.09. The van der Waals surface area contributed by atoms with E-state index >= 15 is 0 Å². The molecule has 4 heteroatoms. The molecule has 1 aromatic carbocycles. The number of rotatable bonds is 4. The number of fused-ring (bicyclic) bond motifs is 1. The van der Waals surface area contributed by atoms with E-state index in [-0.39, 0.29) is 6.10 Å². The number of anilines is 1. The summed E-state index contributed by atoms with van der Waals surface area (Å²) < 4.78 is 5.64. The van der Waals surface area contributed by atoms with Crippen LogP contribution in [0.25, 0.3) is 10.8 Å². The van der Waals surface area contributed by atoms with Crippen LogP contribution in [0.5, 0.6) is 0 Å². The smallest absolute Gasteiger partial charge is 0.136 e. The summed E-state index contributed by atoms with van der Waals surface area (Å²) in [7, 11) is 0. The Hall–Kier alpha value is -1.65. The fourth-order valence-electron chi connectivity index (χ4n) is 2.90. The molecule has 0 aliphatic carbocycles. The number of nitrogens with one attached hydrogen (secondary N) is 1. The SMILES string of the molecule is CCNCc1cnc(N2CCOC(C)C2)c2ccccc12. The molecule has 1 N–H and O–H groups in total. The second kappa shape index (κ2) is 6.41. The fraction of sp³-hybridized carbons (Fsp3) is 0.471. The van der Waals surface area contributed by atoms with E-state index in [2.05, 4.69) is 48.3 Å². The number of hydrogen-bond donors (Lipinski definition) is 1. The zero-order valence-electron chi connectivity index (χ0n) is 12.8. The first-order chi connectivity index (χ1) is 10.3. The van der Waals surface area contributed by atoms with E-state index in [9.17, 15) is 0 Å². The van der Waals surface area contributed by atoms with Crippen LogP contribution in [0.1, 0.15) is 19.4 Å². The van der Waals surface area contributed by atoms with Crippen LogP contribution in [0, 0.1) is 0 Å². The number of morpholine rings is 1. The largest absolute Gasteiger partial charge is 0.375 e. The van der Waals surface area contributed by atoms with Crippen molar-refractivity contribution in [3.63, 3.8) is 0 Å². The molecule has 1 aliphatic heterocycles. The van der Waals surface area contributed by atoms with Crippen LogP contribution >= 0.6 is 0 Å². The molecular weight excluding hydrogens is 262 g/mol. The minimum absolute atomic E-state index is 0.265. The molecule has 0 amide bonds. The van der Waals surface area contributed by atoms with Gasteiger partial charge in [-0.25, -0.2) is 4.98 Å². The number of aromatic nitrogens is 1. The Morgan fingerprint density at radius 1 is 1.33 bits per heavy atom. The second-order valence-corrected chi connectivity index (χ2v) is 5.56. The van der Waals surface area contributed by atoms with Crippen LogP contribution in [0.4, 0.5) is 5.82 Å². The van der Waals surface area contributed by atoms with Gasteiger partial charge in [-0.15, -0.1) is 0 Å². The van der Waals surface area contributed by atoms with Crippen LogP contribution in [0.3, 0.4) is 0 Å². The van der Waals surface area contributed by atoms with Crippen molar-refractivity contribution in [2.24, 2.45) is 0 Å². The number of hydrogen-bond acceptors (Lipinski definition) is 4. The van der Waals surface area contributed by atoms with Gasteiger partial charge in [0, 0.05) is 31.2 Å². The molecule has 2 heterocycles. The highest BCUT2D eigenvalue weighted by Crippen LogP contribution is 2.28. The first-order valence-electron chi connectivity index (χ1n) is 7.73. The fourth-order valence-corrected chi connectivity index (χ4v) is 2.90. The molecule has 21 heavy (non-hydrogen) atoms. The Morgan fingerprint density at radius 3 is 2.90 bits per heavy atom. The molecule has 1 atom stereocenters. The zero-order valence-corrected chi connectivity index (χ0v) is 12.8. The van der Waals surface area contributed by atoms with Crippen molar-refractivity contribution in [2.45, 2.75) is 26.5 Å². The van der Waals surface area contributed by atoms with E-state index in [4.69, 9.17) is 9.72 Å². The molecule has 1 unspecified atom stereocenters. The van der Waals surface area contributed by atoms with E-state index in [1.807, 2.05) is 6.20 Å². The van der Waals surface area contributed by atoms with Crippen LogP contribution < -0.4 is 10.2 Å². The van der Waals surface area contributed by atoms with E-state index in [1.165, 1.54) is 16.3 Å². The van der Waals surface area contributed by atoms with Gasteiger partial charge in [-0.05, 0) is 24.4 Å². The lowest BCUT2D eigenvalue weighted by molar-refractivity contribution is 0.0530. The van der Waals surface area contributed by atoms with Gasteiger partial charge < -0.3 is 15.0 Å². The predicted octanol–water partition coefficient (Wildman–Crippen LogP) is 2.57. The van der Waals surface area contributed by atoms with E-state index in [0.29, 0.717) is 0 Å². The van der Waals surface area contributed by atoms with Crippen molar-refractivity contribution >= 4 is 16.6 Å². The third kappa shape index (κ3) is 3.01. The quantitative estimate of drug-likeness (QED) is 0.937. The predicted molar refractivity (Wildman–Crippen MR) is 86.8 cm³/mol. The minimum atomic E-state index is 0.265. The minimum Gasteiger partial charge on any atom is -0.375 e. The molecule has 1 aromatic heterocycles. The topological polar surface area (TPSA) is 37.4 Å². The molecule has 0 saturated carbocycles. The molecule has 1 aliphatic rings. The van der Waals surface area contributed by atoms with E-state index < -0.39 is 0 Å². The number of benzene rings is 1. The molecule has 1 saturated heterocycles. The van der Waals surface area contributed by atoms with Gasteiger partial charge in [-0.3, -0.25) is 0 Å². The van der Waals surface area contributed by atoms with Gasteiger partial charge in [-0.1, -0.05) is 31.2 Å². The standard InChI is InChI=1S/C17H23N3O/c1-3-18-10-14-11-19-17(16-7-5-4-6-15(14)16)20-8-9-21-13(2)12-20/h4-7,11,13,18H,3,8-10,12H2,1-2H3. The van der Waals surface area contributed by atoms with Crippen molar-refractivity contribution < 1.29 is 4.74 Å². The molecule has 1 fully saturated rings. The van der Waals surface area contributed by atoms with E-state index in [1.54, 1.807) is 0 Å². The Morgan fingerprint density at radius 2 is 2.14 bits per heavy atom. The second-order valence-electron chi connectivity index (χ2n) is 5.56. The van der Waals surface area contributed by atoms with Gasteiger partial charge in [0.25, 0.3) is 0 Å². The lowest BCUT2D eigenvalue weighted by Gasteiger charge is -2.33.